The van der Waals surface area contributed by atoms with Gasteiger partial charge in [0.25, 0.3) is 5.91 Å². The molecule has 3 amide bonds. The van der Waals surface area contributed by atoms with Crippen LogP contribution in [0.25, 0.3) is 0 Å². The Labute approximate surface area is 258 Å². The van der Waals surface area contributed by atoms with Crippen molar-refractivity contribution in [1.82, 2.24) is 10.2 Å². The Morgan fingerprint density at radius 2 is 1.55 bits per heavy atom. The molecule has 0 unspecified atom stereocenters. The zero-order valence-electron chi connectivity index (χ0n) is 25.6. The number of piperidine rings is 1. The number of ether oxygens (including phenoxy) is 2. The molecule has 1 saturated heterocycles. The third-order valence-electron chi connectivity index (χ3n) is 7.71. The molecule has 0 aromatic heterocycles. The summed E-state index contributed by atoms with van der Waals surface area (Å²) in [5, 5.41) is 7.87. The maximum Gasteiger partial charge on any atom is 0.319 e. The number of likely N-dealkylation sites (tertiary alicyclic amines) is 1. The Hall–Kier alpha value is -4.18. The number of carbonyl (C=O) groups excluding carboxylic acids is 2. The number of hydrogen-bond acceptors (Lipinski definition) is 5. The fourth-order valence-corrected chi connectivity index (χ4v) is 4.99. The molecule has 0 atom stereocenters. The van der Waals surface area contributed by atoms with Crippen LogP contribution in [0.3, 0.4) is 0 Å². The molecule has 3 aromatic rings. The van der Waals surface area contributed by atoms with Crippen molar-refractivity contribution in [3.05, 3.63) is 77.9 Å². The number of urea groups is 1. The molecule has 1 aliphatic heterocycles. The average molecular weight is 609 g/mol. The number of hydrogen-bond donors (Lipinski definition) is 3. The van der Waals surface area contributed by atoms with Crippen molar-refractivity contribution in [2.24, 2.45) is 0 Å². The van der Waals surface area contributed by atoms with Gasteiger partial charge < -0.3 is 30.3 Å². The van der Waals surface area contributed by atoms with Gasteiger partial charge in [0.15, 0.2) is 17.4 Å². The molecular weight excluding hydrogens is 566 g/mol. The predicted molar refractivity (Wildman–Crippen MR) is 169 cm³/mol. The Morgan fingerprint density at radius 3 is 2.18 bits per heavy atom. The van der Waals surface area contributed by atoms with E-state index in [-0.39, 0.29) is 35.2 Å². The normalized spacial score (nSPS) is 13.9. The first kappa shape index (κ1) is 32.7. The van der Waals surface area contributed by atoms with Gasteiger partial charge in [0.1, 0.15) is 17.6 Å². The van der Waals surface area contributed by atoms with Crippen molar-refractivity contribution in [2.75, 3.05) is 30.3 Å². The third kappa shape index (κ3) is 9.41. The summed E-state index contributed by atoms with van der Waals surface area (Å²) in [5.74, 6) is -1.33. The van der Waals surface area contributed by atoms with Crippen molar-refractivity contribution in [3.8, 4) is 17.2 Å². The second-order valence-electron chi connectivity index (χ2n) is 11.0. The van der Waals surface area contributed by atoms with Crippen LogP contribution in [0.5, 0.6) is 17.2 Å². The van der Waals surface area contributed by atoms with Gasteiger partial charge in [0, 0.05) is 42.5 Å². The summed E-state index contributed by atoms with van der Waals surface area (Å²) >= 11 is 0. The highest BCUT2D eigenvalue weighted by molar-refractivity contribution is 6.04. The molecule has 0 saturated carbocycles. The summed E-state index contributed by atoms with van der Waals surface area (Å²) in [5.41, 5.74) is 0.693. The summed E-state index contributed by atoms with van der Waals surface area (Å²) in [7, 11) is 0. The number of benzene rings is 3. The van der Waals surface area contributed by atoms with E-state index in [0.29, 0.717) is 11.3 Å². The van der Waals surface area contributed by atoms with Gasteiger partial charge in [-0.05, 0) is 87.2 Å². The Balaban J connectivity index is 1.27. The topological polar surface area (TPSA) is 91.9 Å². The van der Waals surface area contributed by atoms with E-state index in [2.05, 4.69) is 27.8 Å². The molecule has 1 heterocycles. The number of unbranched alkanes of at least 4 members (excludes halogenated alkanes) is 1. The van der Waals surface area contributed by atoms with Crippen LogP contribution >= 0.6 is 0 Å². The van der Waals surface area contributed by atoms with Crippen molar-refractivity contribution < 1.29 is 27.8 Å². The van der Waals surface area contributed by atoms with Crippen molar-refractivity contribution in [1.29, 1.82) is 0 Å². The van der Waals surface area contributed by atoms with Crippen LogP contribution in [0, 0.1) is 11.6 Å². The zero-order valence-corrected chi connectivity index (χ0v) is 25.6. The molecule has 0 spiro atoms. The first-order valence-corrected chi connectivity index (χ1v) is 15.4. The highest BCUT2D eigenvalue weighted by Crippen LogP contribution is 2.30. The minimum absolute atomic E-state index is 0.0632. The first-order chi connectivity index (χ1) is 21.3. The minimum Gasteiger partial charge on any atom is -0.490 e. The van der Waals surface area contributed by atoms with E-state index in [1.54, 1.807) is 24.3 Å². The van der Waals surface area contributed by atoms with Gasteiger partial charge in [0.05, 0.1) is 5.69 Å². The number of nitrogens with zero attached hydrogens (tertiary/aromatic N) is 1. The number of rotatable bonds is 13. The second kappa shape index (κ2) is 16.0. The number of amides is 3. The summed E-state index contributed by atoms with van der Waals surface area (Å²) in [6.45, 7) is 9.30. The maximum absolute atomic E-state index is 14.7. The summed E-state index contributed by atoms with van der Waals surface area (Å²) in [4.78, 5) is 27.4. The monoisotopic (exact) mass is 608 g/mol. The van der Waals surface area contributed by atoms with Gasteiger partial charge >= 0.3 is 6.03 Å². The molecule has 3 N–H and O–H groups in total. The summed E-state index contributed by atoms with van der Waals surface area (Å²) in [6.07, 6.45) is 6.03. The van der Waals surface area contributed by atoms with Gasteiger partial charge in [-0.1, -0.05) is 27.2 Å². The molecule has 0 bridgehead atoms. The van der Waals surface area contributed by atoms with E-state index in [9.17, 15) is 18.4 Å². The summed E-state index contributed by atoms with van der Waals surface area (Å²) < 4.78 is 41.0. The molecule has 0 radical (unpaired) electrons. The number of halogens is 2. The highest BCUT2D eigenvalue weighted by Gasteiger charge is 2.20. The van der Waals surface area contributed by atoms with Crippen LogP contribution in [0.4, 0.5) is 25.0 Å². The standard InChI is InChI=1S/C34H42F2N4O4/c1-4-7-18-40-19-16-28(17-20-40)43-26-12-8-23(9-13-26)33(41)37-25-10-14-27(15-11-25)44-32-22-29(35)31(21-30(32)36)39-34(42)38-24(5-2)6-3/h8-15,21-22,24,28H,4-7,16-20H2,1-3H3,(H,37,41)(H2,38,39,42). The SMILES string of the molecule is CCCCN1CCC(Oc2ccc(C(=O)Nc3ccc(Oc4cc(F)c(NC(=O)NC(CC)CC)cc4F)cc3)cc2)CC1. The molecule has 8 nitrogen and oxygen atoms in total. The molecular formula is C34H42F2N4O4. The molecule has 44 heavy (non-hydrogen) atoms. The molecule has 4 rings (SSSR count). The lowest BCUT2D eigenvalue weighted by Crippen LogP contribution is -2.38. The van der Waals surface area contributed by atoms with Gasteiger partial charge in [-0.2, -0.15) is 0 Å². The lowest BCUT2D eigenvalue weighted by Gasteiger charge is -2.32. The zero-order chi connectivity index (χ0) is 31.5. The maximum atomic E-state index is 14.7. The number of nitrogens with one attached hydrogen (secondary N) is 3. The van der Waals surface area contributed by atoms with Crippen LogP contribution in [-0.2, 0) is 0 Å². The summed E-state index contributed by atoms with van der Waals surface area (Å²) in [6, 6.07) is 14.4. The number of carbonyl (C=O) groups is 2. The van der Waals surface area contributed by atoms with Crippen molar-refractivity contribution >= 4 is 23.3 Å². The highest BCUT2D eigenvalue weighted by atomic mass is 19.1. The Bertz CT molecular complexity index is 1370. The van der Waals surface area contributed by atoms with E-state index in [1.165, 1.54) is 25.0 Å². The van der Waals surface area contributed by atoms with E-state index in [1.807, 2.05) is 26.0 Å². The first-order valence-electron chi connectivity index (χ1n) is 15.4. The van der Waals surface area contributed by atoms with E-state index < -0.39 is 17.7 Å². The van der Waals surface area contributed by atoms with Crippen molar-refractivity contribution in [3.63, 3.8) is 0 Å². The minimum atomic E-state index is -0.841. The lowest BCUT2D eigenvalue weighted by molar-refractivity contribution is 0.0996. The average Bonchev–Trinajstić information content (AvgIpc) is 3.03. The molecule has 1 aliphatic rings. The van der Waals surface area contributed by atoms with Gasteiger partial charge in [-0.15, -0.1) is 0 Å². The van der Waals surface area contributed by atoms with Crippen LogP contribution in [0.15, 0.2) is 60.7 Å². The van der Waals surface area contributed by atoms with E-state index >= 15 is 0 Å². The Kier molecular flexibility index (Phi) is 11.9. The molecule has 3 aromatic carbocycles. The van der Waals surface area contributed by atoms with Gasteiger partial charge in [-0.25, -0.2) is 13.6 Å². The van der Waals surface area contributed by atoms with E-state index in [4.69, 9.17) is 9.47 Å². The van der Waals surface area contributed by atoms with Crippen LogP contribution < -0.4 is 25.4 Å². The van der Waals surface area contributed by atoms with Crippen molar-refractivity contribution in [2.45, 2.75) is 71.4 Å². The van der Waals surface area contributed by atoms with Crippen LogP contribution in [-0.4, -0.2) is 48.6 Å². The largest absolute Gasteiger partial charge is 0.490 e. The Morgan fingerprint density at radius 1 is 0.886 bits per heavy atom. The van der Waals surface area contributed by atoms with Crippen LogP contribution in [0.1, 0.15) is 69.7 Å². The van der Waals surface area contributed by atoms with Gasteiger partial charge in [-0.3, -0.25) is 4.79 Å². The third-order valence-corrected chi connectivity index (χ3v) is 7.71. The predicted octanol–water partition coefficient (Wildman–Crippen LogP) is 7.96. The quantitative estimate of drug-likeness (QED) is 0.183. The lowest BCUT2D eigenvalue weighted by atomic mass is 10.1. The van der Waals surface area contributed by atoms with Crippen LogP contribution in [0.2, 0.25) is 0 Å². The second-order valence-corrected chi connectivity index (χ2v) is 11.0. The molecule has 10 heteroatoms. The molecule has 1 fully saturated rings. The molecule has 236 valence electrons. The fraction of sp³-hybridized carbons (Fsp3) is 0.412. The molecule has 0 aliphatic carbocycles. The van der Waals surface area contributed by atoms with E-state index in [0.717, 1.165) is 63.2 Å². The van der Waals surface area contributed by atoms with Gasteiger partial charge in [0.2, 0.25) is 0 Å². The smallest absolute Gasteiger partial charge is 0.319 e. The fourth-order valence-electron chi connectivity index (χ4n) is 4.99. The number of anilines is 2.